The molecule has 2 aromatic heterocycles. The van der Waals surface area contributed by atoms with Gasteiger partial charge in [-0.2, -0.15) is 5.10 Å². The molecule has 0 radical (unpaired) electrons. The summed E-state index contributed by atoms with van der Waals surface area (Å²) in [6, 6.07) is 26.2. The molecule has 0 fully saturated rings. The second kappa shape index (κ2) is 10.1. The predicted molar refractivity (Wildman–Crippen MR) is 138 cm³/mol. The molecule has 0 amide bonds. The van der Waals surface area contributed by atoms with Crippen molar-refractivity contribution >= 4 is 46.4 Å². The molecular formula is C26H17Cl2N3O2S. The fourth-order valence-corrected chi connectivity index (χ4v) is 4.41. The maximum absolute atomic E-state index is 6.33. The largest absolute Gasteiger partial charge is 0.463 e. The maximum atomic E-state index is 6.33. The van der Waals surface area contributed by atoms with Crippen LogP contribution in [0.1, 0.15) is 5.56 Å². The number of benzene rings is 3. The van der Waals surface area contributed by atoms with Crippen LogP contribution in [0.5, 0.6) is 11.5 Å². The number of aromatic nitrogens is 1. The van der Waals surface area contributed by atoms with Crippen molar-refractivity contribution in [2.45, 2.75) is 0 Å². The first-order valence-electron chi connectivity index (χ1n) is 10.3. The average Bonchev–Trinajstić information content (AvgIpc) is 3.51. The zero-order valence-electron chi connectivity index (χ0n) is 17.6. The Morgan fingerprint density at radius 2 is 1.68 bits per heavy atom. The first-order chi connectivity index (χ1) is 16.7. The molecule has 5 aromatic rings. The lowest BCUT2D eigenvalue weighted by atomic mass is 10.2. The quantitative estimate of drug-likeness (QED) is 0.219. The highest BCUT2D eigenvalue weighted by Gasteiger charge is 2.11. The third kappa shape index (κ3) is 5.15. The molecule has 0 atom stereocenters. The third-order valence-electron chi connectivity index (χ3n) is 4.77. The highest BCUT2D eigenvalue weighted by atomic mass is 35.5. The number of ether oxygens (including phenoxy) is 1. The van der Waals surface area contributed by atoms with Crippen LogP contribution in [0.2, 0.25) is 10.0 Å². The van der Waals surface area contributed by atoms with Crippen LogP contribution < -0.4 is 9.54 Å². The molecule has 168 valence electrons. The summed E-state index contributed by atoms with van der Waals surface area (Å²) in [6.45, 7) is 0. The van der Waals surface area contributed by atoms with Crippen LogP contribution in [-0.4, -0.2) is 10.9 Å². The Balaban J connectivity index is 1.47. The Kier molecular flexibility index (Phi) is 6.62. The van der Waals surface area contributed by atoms with Crippen molar-refractivity contribution in [2.75, 3.05) is 0 Å². The first kappa shape index (κ1) is 22.2. The van der Waals surface area contributed by atoms with Crippen molar-refractivity contribution < 1.29 is 9.15 Å². The lowest BCUT2D eigenvalue weighted by molar-refractivity contribution is 0.482. The maximum Gasteiger partial charge on any atom is 0.211 e. The van der Waals surface area contributed by atoms with E-state index in [-0.39, 0.29) is 0 Å². The molecule has 3 aromatic carbocycles. The number of furan rings is 1. The predicted octanol–water partition coefficient (Wildman–Crippen LogP) is 8.02. The molecule has 0 saturated heterocycles. The summed E-state index contributed by atoms with van der Waals surface area (Å²) in [6.07, 6.45) is 3.38. The Morgan fingerprint density at radius 3 is 2.41 bits per heavy atom. The summed E-state index contributed by atoms with van der Waals surface area (Å²) >= 11 is 13.8. The van der Waals surface area contributed by atoms with Gasteiger partial charge in [-0.3, -0.25) is 0 Å². The van der Waals surface area contributed by atoms with Crippen LogP contribution in [-0.2, 0) is 0 Å². The summed E-state index contributed by atoms with van der Waals surface area (Å²) < 4.78 is 13.2. The monoisotopic (exact) mass is 505 g/mol. The summed E-state index contributed by atoms with van der Waals surface area (Å²) in [5, 5.41) is 7.64. The lowest BCUT2D eigenvalue weighted by Crippen LogP contribution is -2.11. The van der Waals surface area contributed by atoms with Crippen LogP contribution in [0, 0.1) is 0 Å². The van der Waals surface area contributed by atoms with E-state index in [4.69, 9.17) is 37.3 Å². The molecule has 5 nitrogen and oxygen atoms in total. The van der Waals surface area contributed by atoms with Crippen LogP contribution >= 0.6 is 34.5 Å². The fraction of sp³-hybridized carbons (Fsp3) is 0. The third-order valence-corrected chi connectivity index (χ3v) is 6.12. The second-order valence-electron chi connectivity index (χ2n) is 7.13. The lowest BCUT2D eigenvalue weighted by Gasteiger charge is -2.05. The number of halogens is 2. The number of hydrogen-bond donors (Lipinski definition) is 0. The second-order valence-corrected chi connectivity index (χ2v) is 8.81. The van der Waals surface area contributed by atoms with Gasteiger partial charge in [0, 0.05) is 10.4 Å². The highest BCUT2D eigenvalue weighted by molar-refractivity contribution is 7.07. The van der Waals surface area contributed by atoms with Gasteiger partial charge in [0.15, 0.2) is 5.76 Å². The minimum Gasteiger partial charge on any atom is -0.463 e. The molecule has 0 saturated carbocycles. The molecule has 0 unspecified atom stereocenters. The SMILES string of the molecule is Clc1ccc(N=c2scc(-c3ccco3)n2/N=C/c2ccc(Oc3ccccc3)cc2)c(Cl)c1. The molecule has 0 aliphatic carbocycles. The fourth-order valence-electron chi connectivity index (χ4n) is 3.13. The van der Waals surface area contributed by atoms with Gasteiger partial charge in [-0.05, 0) is 72.3 Å². The summed E-state index contributed by atoms with van der Waals surface area (Å²) in [5.74, 6) is 2.22. The van der Waals surface area contributed by atoms with E-state index in [0.717, 1.165) is 22.8 Å². The highest BCUT2D eigenvalue weighted by Crippen LogP contribution is 2.28. The van der Waals surface area contributed by atoms with Gasteiger partial charge >= 0.3 is 0 Å². The van der Waals surface area contributed by atoms with Gasteiger partial charge in [-0.15, -0.1) is 11.3 Å². The molecule has 5 rings (SSSR count). The van der Waals surface area contributed by atoms with Crippen molar-refractivity contribution in [1.82, 2.24) is 4.68 Å². The molecular weight excluding hydrogens is 489 g/mol. The molecule has 0 N–H and O–H groups in total. The van der Waals surface area contributed by atoms with Crippen LogP contribution in [0.25, 0.3) is 11.5 Å². The van der Waals surface area contributed by atoms with Crippen LogP contribution in [0.3, 0.4) is 0 Å². The topological polar surface area (TPSA) is 52.0 Å². The van der Waals surface area contributed by atoms with Gasteiger partial charge < -0.3 is 9.15 Å². The van der Waals surface area contributed by atoms with E-state index >= 15 is 0 Å². The van der Waals surface area contributed by atoms with Crippen molar-refractivity contribution in [3.05, 3.63) is 117 Å². The molecule has 0 spiro atoms. The van der Waals surface area contributed by atoms with Crippen molar-refractivity contribution in [3.63, 3.8) is 0 Å². The molecule has 0 aliphatic heterocycles. The smallest absolute Gasteiger partial charge is 0.211 e. The van der Waals surface area contributed by atoms with Gasteiger partial charge in [0.1, 0.15) is 17.2 Å². The molecule has 34 heavy (non-hydrogen) atoms. The van der Waals surface area contributed by atoms with Gasteiger partial charge in [0.25, 0.3) is 0 Å². The van der Waals surface area contributed by atoms with Crippen molar-refractivity contribution in [2.24, 2.45) is 10.1 Å². The molecule has 0 bridgehead atoms. The zero-order valence-corrected chi connectivity index (χ0v) is 20.0. The minimum atomic E-state index is 0.463. The summed E-state index contributed by atoms with van der Waals surface area (Å²) in [5.41, 5.74) is 2.28. The van der Waals surface area contributed by atoms with Crippen LogP contribution in [0.15, 0.2) is 111 Å². The Labute approximate surface area is 209 Å². The Bertz CT molecular complexity index is 1490. The number of rotatable bonds is 6. The van der Waals surface area contributed by atoms with Gasteiger partial charge in [0.05, 0.1) is 23.2 Å². The van der Waals surface area contributed by atoms with E-state index in [9.17, 15) is 0 Å². The molecule has 2 heterocycles. The van der Waals surface area contributed by atoms with E-state index < -0.39 is 0 Å². The van der Waals surface area contributed by atoms with E-state index in [2.05, 4.69) is 5.10 Å². The first-order valence-corrected chi connectivity index (χ1v) is 11.9. The normalized spacial score (nSPS) is 11.9. The van der Waals surface area contributed by atoms with Gasteiger partial charge in [-0.1, -0.05) is 41.4 Å². The van der Waals surface area contributed by atoms with E-state index in [0.29, 0.717) is 26.3 Å². The van der Waals surface area contributed by atoms with E-state index in [1.807, 2.05) is 72.1 Å². The van der Waals surface area contributed by atoms with E-state index in [1.165, 1.54) is 11.3 Å². The van der Waals surface area contributed by atoms with Crippen LogP contribution in [0.4, 0.5) is 5.69 Å². The van der Waals surface area contributed by atoms with E-state index in [1.54, 1.807) is 35.4 Å². The summed E-state index contributed by atoms with van der Waals surface area (Å²) in [7, 11) is 0. The van der Waals surface area contributed by atoms with Crippen molar-refractivity contribution in [1.29, 1.82) is 0 Å². The average molecular weight is 506 g/mol. The Morgan fingerprint density at radius 1 is 0.882 bits per heavy atom. The number of nitrogens with zero attached hydrogens (tertiary/aromatic N) is 3. The molecule has 0 aliphatic rings. The Hall–Kier alpha value is -3.58. The standard InChI is InChI=1S/C26H17Cl2N3O2S/c27-19-10-13-23(22(28)15-19)30-26-31(24(17-34-26)25-7-4-14-32-25)29-16-18-8-11-21(12-9-18)33-20-5-2-1-3-6-20/h1-17H/b29-16+,30-26?. The number of hydrogen-bond acceptors (Lipinski definition) is 5. The van der Waals surface area contributed by atoms with Gasteiger partial charge in [0.2, 0.25) is 4.80 Å². The number of para-hydroxylation sites is 1. The minimum absolute atomic E-state index is 0.463. The molecule has 8 heteroatoms. The zero-order chi connectivity index (χ0) is 23.3. The number of thiazole rings is 1. The van der Waals surface area contributed by atoms with Gasteiger partial charge in [-0.25, -0.2) is 9.67 Å². The van der Waals surface area contributed by atoms with Crippen molar-refractivity contribution in [3.8, 4) is 23.0 Å². The summed E-state index contributed by atoms with van der Waals surface area (Å²) in [4.78, 5) is 5.34.